The van der Waals surface area contributed by atoms with Crippen LogP contribution >= 0.6 is 0 Å². The van der Waals surface area contributed by atoms with Crippen LogP contribution in [0.15, 0.2) is 6.20 Å². The fourth-order valence-electron chi connectivity index (χ4n) is 2.66. The van der Waals surface area contributed by atoms with Gasteiger partial charge in [-0.05, 0) is 0 Å². The van der Waals surface area contributed by atoms with Crippen LogP contribution in [0, 0.1) is 29.1 Å². The summed E-state index contributed by atoms with van der Waals surface area (Å²) >= 11 is 0. The first-order chi connectivity index (χ1) is 13.3. The van der Waals surface area contributed by atoms with Crippen LogP contribution in [0.1, 0.15) is 11.7 Å². The molecule has 154 valence electrons. The maximum Gasteiger partial charge on any atom is 0.207 e. The molecule has 0 spiro atoms. The molecule has 3 N–H and O–H groups in total. The largest absolute Gasteiger partial charge is 0.481 e. The quantitative estimate of drug-likeness (QED) is 0.367. The molecule has 1 aliphatic heterocycles. The second-order valence-corrected chi connectivity index (χ2v) is 5.98. The minimum atomic E-state index is -2.31. The smallest absolute Gasteiger partial charge is 0.207 e. The van der Waals surface area contributed by atoms with Gasteiger partial charge in [0.25, 0.3) is 0 Å². The predicted molar refractivity (Wildman–Crippen MR) is 78.5 cm³/mol. The highest BCUT2D eigenvalue weighted by Gasteiger charge is 2.39. The molecule has 13 heteroatoms. The van der Waals surface area contributed by atoms with Crippen LogP contribution < -0.4 is 4.74 Å². The van der Waals surface area contributed by atoms with E-state index in [2.05, 4.69) is 15.0 Å². The predicted octanol–water partition coefficient (Wildman–Crippen LogP) is 0.207. The minimum Gasteiger partial charge on any atom is -0.481 e. The molecular formula is C15H14F5N3O5. The fourth-order valence-corrected chi connectivity index (χ4v) is 2.66. The van der Waals surface area contributed by atoms with E-state index in [1.54, 1.807) is 0 Å². The van der Waals surface area contributed by atoms with Crippen molar-refractivity contribution < 1.29 is 46.7 Å². The third-order valence-electron chi connectivity index (χ3n) is 4.22. The Kier molecular flexibility index (Phi) is 5.79. The van der Waals surface area contributed by atoms with E-state index in [0.717, 1.165) is 4.68 Å². The van der Waals surface area contributed by atoms with Gasteiger partial charge in [-0.15, -0.1) is 5.10 Å². The lowest BCUT2D eigenvalue weighted by atomic mass is 9.98. The van der Waals surface area contributed by atoms with Crippen molar-refractivity contribution in [1.82, 2.24) is 15.0 Å². The van der Waals surface area contributed by atoms with E-state index >= 15 is 0 Å². The van der Waals surface area contributed by atoms with Crippen LogP contribution in [0.5, 0.6) is 5.75 Å². The SMILES string of the molecule is OC[C@H]1OC[C@H](n2cc(COc3c(F)c(F)c(F)c(F)c3F)nn2)[C@@H](O)[C@H]1O. The lowest BCUT2D eigenvalue weighted by molar-refractivity contribution is -0.171. The van der Waals surface area contributed by atoms with Crippen molar-refractivity contribution in [2.45, 2.75) is 31.0 Å². The molecule has 1 fully saturated rings. The highest BCUT2D eigenvalue weighted by Crippen LogP contribution is 2.30. The van der Waals surface area contributed by atoms with Gasteiger partial charge in [-0.25, -0.2) is 17.9 Å². The third-order valence-corrected chi connectivity index (χ3v) is 4.22. The molecule has 0 unspecified atom stereocenters. The Balaban J connectivity index is 1.73. The van der Waals surface area contributed by atoms with Crippen molar-refractivity contribution in [3.63, 3.8) is 0 Å². The molecule has 28 heavy (non-hydrogen) atoms. The Morgan fingerprint density at radius 1 is 1.04 bits per heavy atom. The summed E-state index contributed by atoms with van der Waals surface area (Å²) < 4.78 is 77.4. The Morgan fingerprint density at radius 2 is 1.64 bits per heavy atom. The molecule has 1 saturated heterocycles. The lowest BCUT2D eigenvalue weighted by Gasteiger charge is -2.36. The monoisotopic (exact) mass is 411 g/mol. The number of nitrogens with zero attached hydrogens (tertiary/aromatic N) is 3. The average molecular weight is 411 g/mol. The number of halogens is 5. The molecule has 0 amide bonds. The van der Waals surface area contributed by atoms with Crippen molar-refractivity contribution in [3.05, 3.63) is 41.0 Å². The van der Waals surface area contributed by atoms with Gasteiger partial charge in [0.05, 0.1) is 19.4 Å². The fraction of sp³-hybridized carbons (Fsp3) is 0.467. The second-order valence-electron chi connectivity index (χ2n) is 5.98. The topological polar surface area (TPSA) is 110 Å². The zero-order valence-corrected chi connectivity index (χ0v) is 13.9. The summed E-state index contributed by atoms with van der Waals surface area (Å²) in [6.45, 7) is -1.34. The molecule has 0 saturated carbocycles. The lowest BCUT2D eigenvalue weighted by Crippen LogP contribution is -2.52. The van der Waals surface area contributed by atoms with Crippen LogP contribution in [-0.4, -0.2) is 61.8 Å². The molecule has 1 aromatic heterocycles. The van der Waals surface area contributed by atoms with Crippen molar-refractivity contribution in [3.8, 4) is 5.75 Å². The van der Waals surface area contributed by atoms with Gasteiger partial charge in [0.2, 0.25) is 29.1 Å². The number of ether oxygens (including phenoxy) is 2. The summed E-state index contributed by atoms with van der Waals surface area (Å²) in [6, 6.07) is -0.895. The number of benzene rings is 1. The summed E-state index contributed by atoms with van der Waals surface area (Å²) in [5.41, 5.74) is -0.0603. The van der Waals surface area contributed by atoms with Crippen LogP contribution in [-0.2, 0) is 11.3 Å². The van der Waals surface area contributed by atoms with Crippen molar-refractivity contribution in [1.29, 1.82) is 0 Å². The number of rotatable bonds is 5. The van der Waals surface area contributed by atoms with Crippen molar-refractivity contribution in [2.75, 3.05) is 13.2 Å². The summed E-state index contributed by atoms with van der Waals surface area (Å²) in [5, 5.41) is 36.3. The average Bonchev–Trinajstić information content (AvgIpc) is 3.15. The molecule has 4 atom stereocenters. The molecule has 8 nitrogen and oxygen atoms in total. The van der Waals surface area contributed by atoms with Gasteiger partial charge in [-0.2, -0.15) is 8.78 Å². The summed E-state index contributed by atoms with van der Waals surface area (Å²) in [7, 11) is 0. The Hall–Kier alpha value is -2.35. The maximum atomic E-state index is 13.6. The zero-order chi connectivity index (χ0) is 20.6. The van der Waals surface area contributed by atoms with Gasteiger partial charge in [0.15, 0.2) is 5.75 Å². The van der Waals surface area contributed by atoms with Gasteiger partial charge >= 0.3 is 0 Å². The Bertz CT molecular complexity index is 838. The molecular weight excluding hydrogens is 397 g/mol. The molecule has 0 radical (unpaired) electrons. The summed E-state index contributed by atoms with van der Waals surface area (Å²) in [6.07, 6.45) is -2.57. The number of aliphatic hydroxyl groups excluding tert-OH is 3. The van der Waals surface area contributed by atoms with Gasteiger partial charge in [0, 0.05) is 0 Å². The second kappa shape index (κ2) is 7.95. The molecule has 0 aliphatic carbocycles. The summed E-state index contributed by atoms with van der Waals surface area (Å²) in [5.74, 6) is -12.3. The van der Waals surface area contributed by atoms with E-state index in [0.29, 0.717) is 0 Å². The van der Waals surface area contributed by atoms with Gasteiger partial charge in [-0.1, -0.05) is 5.21 Å². The molecule has 2 aromatic rings. The number of aromatic nitrogens is 3. The number of hydrogen-bond acceptors (Lipinski definition) is 7. The van der Waals surface area contributed by atoms with E-state index in [9.17, 15) is 32.2 Å². The van der Waals surface area contributed by atoms with E-state index < -0.39 is 72.4 Å². The third kappa shape index (κ3) is 3.53. The number of aliphatic hydroxyl groups is 3. The Labute approximate surface area is 153 Å². The molecule has 3 rings (SSSR count). The highest BCUT2D eigenvalue weighted by atomic mass is 19.2. The Morgan fingerprint density at radius 3 is 2.25 bits per heavy atom. The van der Waals surface area contributed by atoms with E-state index in [-0.39, 0.29) is 12.3 Å². The van der Waals surface area contributed by atoms with E-state index in [4.69, 9.17) is 9.84 Å². The highest BCUT2D eigenvalue weighted by molar-refractivity contribution is 5.29. The maximum absolute atomic E-state index is 13.6. The summed E-state index contributed by atoms with van der Waals surface area (Å²) in [4.78, 5) is 0. The van der Waals surface area contributed by atoms with Crippen LogP contribution in [0.4, 0.5) is 22.0 Å². The van der Waals surface area contributed by atoms with Crippen LogP contribution in [0.3, 0.4) is 0 Å². The van der Waals surface area contributed by atoms with Gasteiger partial charge in [0.1, 0.15) is 36.7 Å². The zero-order valence-electron chi connectivity index (χ0n) is 13.9. The molecule has 1 aliphatic rings. The normalized spacial score (nSPS) is 25.1. The van der Waals surface area contributed by atoms with E-state index in [1.165, 1.54) is 6.20 Å². The first-order valence-corrected chi connectivity index (χ1v) is 7.89. The van der Waals surface area contributed by atoms with E-state index in [1.807, 2.05) is 0 Å². The molecule has 1 aromatic carbocycles. The standard InChI is InChI=1S/C15H14F5N3O5/c16-8-9(17)11(19)15(12(20)10(8)18)28-3-5-1-23(22-21-5)6-4-27-7(2-24)14(26)13(6)25/h1,6-7,13-14,24-26H,2-4H2/t6-,7+,13+,14-/m0/s1. The first-order valence-electron chi connectivity index (χ1n) is 7.89. The van der Waals surface area contributed by atoms with Gasteiger partial charge in [-0.3, -0.25) is 0 Å². The molecule has 0 bridgehead atoms. The number of hydrogen-bond donors (Lipinski definition) is 3. The van der Waals surface area contributed by atoms with Crippen molar-refractivity contribution >= 4 is 0 Å². The van der Waals surface area contributed by atoms with Crippen molar-refractivity contribution in [2.24, 2.45) is 0 Å². The molecule has 2 heterocycles. The first kappa shape index (κ1) is 20.4. The van der Waals surface area contributed by atoms with Crippen LogP contribution in [0.25, 0.3) is 0 Å². The minimum absolute atomic E-state index is 0.0603. The van der Waals surface area contributed by atoms with Crippen LogP contribution in [0.2, 0.25) is 0 Å². The van der Waals surface area contributed by atoms with Gasteiger partial charge < -0.3 is 24.8 Å².